The zero-order valence-corrected chi connectivity index (χ0v) is 11.5. The van der Waals surface area contributed by atoms with E-state index >= 15 is 0 Å². The molecule has 0 saturated heterocycles. The molecule has 5 heteroatoms. The molecule has 108 valence electrons. The lowest BCUT2D eigenvalue weighted by Crippen LogP contribution is -2.21. The molecule has 0 spiro atoms. The number of ether oxygens (including phenoxy) is 1. The Bertz CT molecular complexity index is 667. The van der Waals surface area contributed by atoms with Crippen LogP contribution in [0.1, 0.15) is 15.9 Å². The van der Waals surface area contributed by atoms with Crippen LogP contribution >= 0.6 is 0 Å². The molecule has 0 aliphatic heterocycles. The van der Waals surface area contributed by atoms with E-state index < -0.39 is 11.9 Å². The maximum Gasteiger partial charge on any atom is 0.338 e. The van der Waals surface area contributed by atoms with Crippen LogP contribution in [0.2, 0.25) is 0 Å². The molecule has 0 heterocycles. The molecule has 0 aromatic heterocycles. The van der Waals surface area contributed by atoms with Crippen LogP contribution < -0.4 is 5.32 Å². The molecule has 0 fully saturated rings. The quantitative estimate of drug-likeness (QED) is 0.846. The third-order valence-corrected chi connectivity index (χ3v) is 2.84. The number of rotatable bonds is 4. The topological polar surface area (TPSA) is 75.6 Å². The van der Waals surface area contributed by atoms with Gasteiger partial charge in [0.15, 0.2) is 6.61 Å². The number of aromatic hydroxyl groups is 1. The molecule has 0 aliphatic carbocycles. The van der Waals surface area contributed by atoms with Crippen molar-refractivity contribution in [1.29, 1.82) is 0 Å². The van der Waals surface area contributed by atoms with Gasteiger partial charge in [0.1, 0.15) is 5.75 Å². The molecule has 0 saturated carbocycles. The van der Waals surface area contributed by atoms with Crippen molar-refractivity contribution in [1.82, 2.24) is 0 Å². The molecule has 2 rings (SSSR count). The van der Waals surface area contributed by atoms with E-state index in [1.807, 2.05) is 19.1 Å². The van der Waals surface area contributed by atoms with Crippen LogP contribution in [0.4, 0.5) is 5.69 Å². The minimum absolute atomic E-state index is 0.0335. The number of nitrogens with one attached hydrogen (secondary N) is 1. The second kappa shape index (κ2) is 6.56. The summed E-state index contributed by atoms with van der Waals surface area (Å²) in [6.45, 7) is 1.48. The summed E-state index contributed by atoms with van der Waals surface area (Å²) in [5.41, 5.74) is 1.79. The van der Waals surface area contributed by atoms with Crippen molar-refractivity contribution in [2.75, 3.05) is 11.9 Å². The van der Waals surface area contributed by atoms with E-state index in [9.17, 15) is 14.7 Å². The first-order valence-electron chi connectivity index (χ1n) is 6.38. The van der Waals surface area contributed by atoms with Gasteiger partial charge in [0, 0.05) is 5.69 Å². The Morgan fingerprint density at radius 1 is 1.14 bits per heavy atom. The minimum atomic E-state index is -0.661. The van der Waals surface area contributed by atoms with Crippen LogP contribution in [0, 0.1) is 6.92 Å². The second-order valence-electron chi connectivity index (χ2n) is 4.49. The highest BCUT2D eigenvalue weighted by atomic mass is 16.5. The van der Waals surface area contributed by atoms with Gasteiger partial charge in [-0.25, -0.2) is 4.79 Å². The Balaban J connectivity index is 1.90. The first-order valence-corrected chi connectivity index (χ1v) is 6.38. The first-order chi connectivity index (χ1) is 10.1. The average Bonchev–Trinajstić information content (AvgIpc) is 2.47. The van der Waals surface area contributed by atoms with E-state index in [2.05, 4.69) is 5.32 Å². The molecule has 2 N–H and O–H groups in total. The highest BCUT2D eigenvalue weighted by Gasteiger charge is 2.11. The lowest BCUT2D eigenvalue weighted by molar-refractivity contribution is -0.119. The number of amides is 1. The van der Waals surface area contributed by atoms with E-state index in [-0.39, 0.29) is 17.9 Å². The van der Waals surface area contributed by atoms with Crippen molar-refractivity contribution in [3.05, 3.63) is 59.7 Å². The molecule has 0 bridgehead atoms. The van der Waals surface area contributed by atoms with Gasteiger partial charge in [0.2, 0.25) is 0 Å². The highest BCUT2D eigenvalue weighted by Crippen LogP contribution is 2.14. The third kappa shape index (κ3) is 4.07. The van der Waals surface area contributed by atoms with Crippen LogP contribution in [0.5, 0.6) is 5.75 Å². The molecule has 2 aromatic carbocycles. The summed E-state index contributed by atoms with van der Waals surface area (Å²) in [5.74, 6) is -1.11. The van der Waals surface area contributed by atoms with E-state index in [0.29, 0.717) is 5.69 Å². The summed E-state index contributed by atoms with van der Waals surface area (Å²) in [4.78, 5) is 23.4. The largest absolute Gasteiger partial charge is 0.508 e. The van der Waals surface area contributed by atoms with Crippen molar-refractivity contribution in [2.45, 2.75) is 6.92 Å². The molecule has 0 unspecified atom stereocenters. The van der Waals surface area contributed by atoms with Crippen molar-refractivity contribution in [3.8, 4) is 5.75 Å². The van der Waals surface area contributed by atoms with Gasteiger partial charge in [-0.05, 0) is 36.8 Å². The van der Waals surface area contributed by atoms with Crippen molar-refractivity contribution >= 4 is 17.6 Å². The smallest absolute Gasteiger partial charge is 0.338 e. The minimum Gasteiger partial charge on any atom is -0.508 e. The number of hydrogen-bond donors (Lipinski definition) is 2. The molecular formula is C16H15NO4. The fourth-order valence-corrected chi connectivity index (χ4v) is 1.75. The van der Waals surface area contributed by atoms with E-state index in [0.717, 1.165) is 5.56 Å². The zero-order valence-electron chi connectivity index (χ0n) is 11.5. The van der Waals surface area contributed by atoms with Crippen LogP contribution in [-0.2, 0) is 9.53 Å². The fourth-order valence-electron chi connectivity index (χ4n) is 1.75. The number of carbonyl (C=O) groups excluding carboxylic acids is 2. The summed E-state index contributed by atoms with van der Waals surface area (Å²) in [7, 11) is 0. The highest BCUT2D eigenvalue weighted by molar-refractivity contribution is 5.96. The van der Waals surface area contributed by atoms with E-state index in [1.54, 1.807) is 12.1 Å². The molecule has 2 aromatic rings. The number of phenolic OH excluding ortho intramolecular Hbond substituents is 1. The summed E-state index contributed by atoms with van der Waals surface area (Å²) < 4.78 is 4.89. The number of carbonyl (C=O) groups is 2. The van der Waals surface area contributed by atoms with E-state index in [1.165, 1.54) is 24.3 Å². The summed E-state index contributed by atoms with van der Waals surface area (Å²) >= 11 is 0. The molecule has 5 nitrogen and oxygen atoms in total. The molecule has 0 aliphatic rings. The van der Waals surface area contributed by atoms with Crippen molar-refractivity contribution in [2.24, 2.45) is 0 Å². The van der Waals surface area contributed by atoms with Gasteiger partial charge in [-0.1, -0.05) is 24.3 Å². The number of benzene rings is 2. The molecule has 21 heavy (non-hydrogen) atoms. The van der Waals surface area contributed by atoms with Gasteiger partial charge < -0.3 is 15.2 Å². The Morgan fingerprint density at radius 3 is 2.62 bits per heavy atom. The number of anilines is 1. The number of phenols is 1. The average molecular weight is 285 g/mol. The molecule has 1 amide bonds. The van der Waals surface area contributed by atoms with Crippen LogP contribution in [0.25, 0.3) is 0 Å². The Morgan fingerprint density at radius 2 is 1.90 bits per heavy atom. The van der Waals surface area contributed by atoms with Crippen molar-refractivity contribution in [3.63, 3.8) is 0 Å². The number of esters is 1. The lowest BCUT2D eigenvalue weighted by atomic mass is 10.2. The van der Waals surface area contributed by atoms with Gasteiger partial charge in [-0.15, -0.1) is 0 Å². The monoisotopic (exact) mass is 285 g/mol. The molecular weight excluding hydrogens is 270 g/mol. The predicted molar refractivity (Wildman–Crippen MR) is 78.2 cm³/mol. The molecule has 0 atom stereocenters. The Hall–Kier alpha value is -2.82. The maximum absolute atomic E-state index is 11.7. The van der Waals surface area contributed by atoms with Gasteiger partial charge in [0.25, 0.3) is 5.91 Å². The summed E-state index contributed by atoms with van der Waals surface area (Å²) in [5, 5.41) is 11.9. The van der Waals surface area contributed by atoms with Crippen LogP contribution in [0.3, 0.4) is 0 Å². The zero-order chi connectivity index (χ0) is 15.2. The van der Waals surface area contributed by atoms with Gasteiger partial charge in [0.05, 0.1) is 5.56 Å². The first kappa shape index (κ1) is 14.6. The molecule has 0 radical (unpaired) electrons. The maximum atomic E-state index is 11.7. The SMILES string of the molecule is Cc1ccccc1NC(=O)COC(=O)c1cccc(O)c1. The van der Waals surface area contributed by atoms with Gasteiger partial charge in [-0.3, -0.25) is 4.79 Å². The number of aryl methyl sites for hydroxylation is 1. The predicted octanol–water partition coefficient (Wildman–Crippen LogP) is 2.50. The Kier molecular flexibility index (Phi) is 4.56. The van der Waals surface area contributed by atoms with Gasteiger partial charge >= 0.3 is 5.97 Å². The summed E-state index contributed by atoms with van der Waals surface area (Å²) in [6.07, 6.45) is 0. The Labute approximate surface area is 122 Å². The van der Waals surface area contributed by atoms with Crippen LogP contribution in [0.15, 0.2) is 48.5 Å². The lowest BCUT2D eigenvalue weighted by Gasteiger charge is -2.08. The summed E-state index contributed by atoms with van der Waals surface area (Å²) in [6, 6.07) is 13.1. The normalized spacial score (nSPS) is 9.95. The third-order valence-electron chi connectivity index (χ3n) is 2.84. The second-order valence-corrected chi connectivity index (χ2v) is 4.49. The van der Waals surface area contributed by atoms with E-state index in [4.69, 9.17) is 4.74 Å². The van der Waals surface area contributed by atoms with Gasteiger partial charge in [-0.2, -0.15) is 0 Å². The number of para-hydroxylation sites is 1. The fraction of sp³-hybridized carbons (Fsp3) is 0.125. The van der Waals surface area contributed by atoms with Crippen LogP contribution in [-0.4, -0.2) is 23.6 Å². The standard InChI is InChI=1S/C16H15NO4/c1-11-5-2-3-8-14(11)17-15(19)10-21-16(20)12-6-4-7-13(18)9-12/h2-9,18H,10H2,1H3,(H,17,19). The van der Waals surface area contributed by atoms with Crippen molar-refractivity contribution < 1.29 is 19.4 Å². The number of hydrogen-bond acceptors (Lipinski definition) is 4.